The van der Waals surface area contributed by atoms with Crippen LogP contribution < -0.4 is 11.1 Å². The molecule has 42 heavy (non-hydrogen) atoms. The van der Waals surface area contributed by atoms with Crippen molar-refractivity contribution in [2.24, 2.45) is 5.73 Å². The van der Waals surface area contributed by atoms with Gasteiger partial charge in [-0.3, -0.25) is 14.4 Å². The lowest BCUT2D eigenvalue weighted by Crippen LogP contribution is -2.53. The number of piperidine rings is 1. The molecular formula is C32H41N7O3. The minimum atomic E-state index is -0.699. The average molecular weight is 572 g/mol. The summed E-state index contributed by atoms with van der Waals surface area (Å²) >= 11 is 0. The molecule has 10 heteroatoms. The van der Waals surface area contributed by atoms with Crippen LogP contribution in [0.3, 0.4) is 0 Å². The van der Waals surface area contributed by atoms with Crippen LogP contribution in [-0.4, -0.2) is 74.0 Å². The second-order valence-electron chi connectivity index (χ2n) is 11.3. The first kappa shape index (κ1) is 29.4. The van der Waals surface area contributed by atoms with Crippen molar-refractivity contribution in [2.75, 3.05) is 19.6 Å². The number of benzene rings is 2. The van der Waals surface area contributed by atoms with Gasteiger partial charge in [-0.1, -0.05) is 60.7 Å². The number of nitrogens with one attached hydrogen (secondary N) is 1. The fourth-order valence-electron chi connectivity index (χ4n) is 6.02. The van der Waals surface area contributed by atoms with Gasteiger partial charge in [0.1, 0.15) is 17.7 Å². The van der Waals surface area contributed by atoms with E-state index in [4.69, 9.17) is 10.7 Å². The third kappa shape index (κ3) is 7.23. The summed E-state index contributed by atoms with van der Waals surface area (Å²) in [6, 6.07) is 18.0. The van der Waals surface area contributed by atoms with Crippen LogP contribution in [0.5, 0.6) is 0 Å². The summed E-state index contributed by atoms with van der Waals surface area (Å²) in [4.78, 5) is 48.9. The lowest BCUT2D eigenvalue weighted by atomic mass is 9.99. The van der Waals surface area contributed by atoms with E-state index in [0.29, 0.717) is 63.5 Å². The van der Waals surface area contributed by atoms with E-state index in [9.17, 15) is 14.4 Å². The van der Waals surface area contributed by atoms with Gasteiger partial charge >= 0.3 is 0 Å². The van der Waals surface area contributed by atoms with Crippen LogP contribution in [0, 0.1) is 6.92 Å². The fourth-order valence-corrected chi connectivity index (χ4v) is 6.02. The summed E-state index contributed by atoms with van der Waals surface area (Å²) in [5, 5.41) is 7.89. The first-order valence-electron chi connectivity index (χ1n) is 15.0. The molecule has 3 amide bonds. The molecule has 3 N–H and O–H groups in total. The molecule has 222 valence electrons. The number of nitrogens with two attached hydrogens (primary N) is 1. The van der Waals surface area contributed by atoms with E-state index in [0.717, 1.165) is 24.0 Å². The summed E-state index contributed by atoms with van der Waals surface area (Å²) < 4.78 is 1.81. The van der Waals surface area contributed by atoms with Crippen molar-refractivity contribution in [3.63, 3.8) is 0 Å². The van der Waals surface area contributed by atoms with Crippen molar-refractivity contribution in [1.29, 1.82) is 0 Å². The number of rotatable bonds is 5. The van der Waals surface area contributed by atoms with Crippen molar-refractivity contribution in [3.8, 4) is 0 Å². The summed E-state index contributed by atoms with van der Waals surface area (Å²) in [6.07, 6.45) is 4.10. The quantitative estimate of drug-likeness (QED) is 0.485. The number of nitrogens with zero attached hydrogens (tertiary/aromatic N) is 5. The van der Waals surface area contributed by atoms with Gasteiger partial charge in [0.2, 0.25) is 17.7 Å². The molecule has 0 bridgehead atoms. The third-order valence-electron chi connectivity index (χ3n) is 8.17. The molecule has 2 aliphatic rings. The van der Waals surface area contributed by atoms with E-state index in [1.54, 1.807) is 9.80 Å². The Morgan fingerprint density at radius 3 is 2.40 bits per heavy atom. The summed E-state index contributed by atoms with van der Waals surface area (Å²) in [6.45, 7) is 3.54. The van der Waals surface area contributed by atoms with Crippen molar-refractivity contribution in [3.05, 3.63) is 83.4 Å². The highest BCUT2D eigenvalue weighted by atomic mass is 16.2. The minimum Gasteiger partial charge on any atom is -0.344 e. The van der Waals surface area contributed by atoms with E-state index < -0.39 is 18.1 Å². The number of carbonyl (C=O) groups excluding carboxylic acids is 3. The molecule has 1 saturated heterocycles. The Kier molecular flexibility index (Phi) is 9.63. The number of aromatic nitrogens is 3. The topological polar surface area (TPSA) is 126 Å². The second-order valence-corrected chi connectivity index (χ2v) is 11.3. The summed E-state index contributed by atoms with van der Waals surface area (Å²) in [7, 11) is 0. The molecule has 0 spiro atoms. The zero-order valence-electron chi connectivity index (χ0n) is 24.3. The number of amides is 3. The van der Waals surface area contributed by atoms with Gasteiger partial charge in [0, 0.05) is 26.1 Å². The van der Waals surface area contributed by atoms with E-state index in [-0.39, 0.29) is 24.1 Å². The molecule has 3 heterocycles. The second kappa shape index (κ2) is 13.7. The molecule has 0 radical (unpaired) electrons. The molecule has 1 fully saturated rings. The number of aryl methyl sites for hydroxylation is 1. The zero-order chi connectivity index (χ0) is 29.5. The summed E-state index contributed by atoms with van der Waals surface area (Å²) in [5.41, 5.74) is 8.48. The Morgan fingerprint density at radius 2 is 1.67 bits per heavy atom. The average Bonchev–Trinajstić information content (AvgIpc) is 3.38. The lowest BCUT2D eigenvalue weighted by Gasteiger charge is -2.36. The van der Waals surface area contributed by atoms with Crippen LogP contribution in [0.4, 0.5) is 0 Å². The maximum absolute atomic E-state index is 13.7. The van der Waals surface area contributed by atoms with Crippen LogP contribution >= 0.6 is 0 Å². The highest BCUT2D eigenvalue weighted by Crippen LogP contribution is 2.23. The maximum atomic E-state index is 13.7. The lowest BCUT2D eigenvalue weighted by molar-refractivity contribution is -0.143. The molecule has 1 aromatic heterocycles. The van der Waals surface area contributed by atoms with Gasteiger partial charge in [0.05, 0.1) is 18.6 Å². The maximum Gasteiger partial charge on any atom is 0.243 e. The van der Waals surface area contributed by atoms with E-state index in [1.807, 2.05) is 72.3 Å². The normalized spacial score (nSPS) is 21.1. The Labute approximate surface area is 247 Å². The van der Waals surface area contributed by atoms with Gasteiger partial charge < -0.3 is 20.9 Å². The predicted octanol–water partition coefficient (Wildman–Crippen LogP) is 2.56. The van der Waals surface area contributed by atoms with Gasteiger partial charge in [-0.2, -0.15) is 5.10 Å². The SMILES string of the molecule is Cc1nc2n(n1)CCN(C(=O)[C@H](N)Cc1ccccc1)CCCC(=O)N1CCCC[C@H]1C(=O)N[C@@H]2Cc1ccccc1. The standard InChI is InChI=1S/C32H41N7O3/c1-23-34-30-27(22-25-13-6-3-7-14-25)35-31(41)28-15-8-9-18-38(28)29(40)16-10-17-37(19-20-39(30)36-23)32(42)26(33)21-24-11-4-2-5-12-24/h2-7,11-14,26-28H,8-10,15-22,33H2,1H3,(H,35,41)/t26-,27-,28+/m1/s1. The van der Waals surface area contributed by atoms with E-state index in [2.05, 4.69) is 10.4 Å². The van der Waals surface area contributed by atoms with Gasteiger partial charge in [-0.15, -0.1) is 0 Å². The van der Waals surface area contributed by atoms with Crippen molar-refractivity contribution >= 4 is 17.7 Å². The molecule has 3 aromatic rings. The van der Waals surface area contributed by atoms with Crippen LogP contribution in [0.15, 0.2) is 60.7 Å². The Balaban J connectivity index is 1.44. The zero-order valence-corrected chi connectivity index (χ0v) is 24.3. The highest BCUT2D eigenvalue weighted by molar-refractivity contribution is 5.88. The van der Waals surface area contributed by atoms with Crippen LogP contribution in [0.2, 0.25) is 0 Å². The Hall–Kier alpha value is -4.05. The molecule has 2 aromatic carbocycles. The molecule has 0 unspecified atom stereocenters. The molecule has 10 nitrogen and oxygen atoms in total. The van der Waals surface area contributed by atoms with Crippen molar-refractivity contribution in [1.82, 2.24) is 29.9 Å². The van der Waals surface area contributed by atoms with Gasteiger partial charge in [0.15, 0.2) is 0 Å². The highest BCUT2D eigenvalue weighted by Gasteiger charge is 2.34. The van der Waals surface area contributed by atoms with Gasteiger partial charge in [0.25, 0.3) is 0 Å². The first-order valence-corrected chi connectivity index (χ1v) is 15.0. The fraction of sp³-hybridized carbons (Fsp3) is 0.469. The number of hydrogen-bond acceptors (Lipinski definition) is 6. The first-order chi connectivity index (χ1) is 20.4. The van der Waals surface area contributed by atoms with E-state index in [1.165, 1.54) is 0 Å². The largest absolute Gasteiger partial charge is 0.344 e. The molecular weight excluding hydrogens is 530 g/mol. The molecule has 0 saturated carbocycles. The van der Waals surface area contributed by atoms with Crippen LogP contribution in [0.25, 0.3) is 0 Å². The smallest absolute Gasteiger partial charge is 0.243 e. The van der Waals surface area contributed by atoms with Gasteiger partial charge in [-0.05, 0) is 56.6 Å². The summed E-state index contributed by atoms with van der Waals surface area (Å²) in [5.74, 6) is 0.872. The third-order valence-corrected chi connectivity index (χ3v) is 8.17. The molecule has 3 atom stereocenters. The van der Waals surface area contributed by atoms with E-state index >= 15 is 0 Å². The number of hydrogen-bond donors (Lipinski definition) is 2. The molecule has 5 rings (SSSR count). The number of fused-ring (bicyclic) bond motifs is 2. The Morgan fingerprint density at radius 1 is 0.952 bits per heavy atom. The predicted molar refractivity (Wildman–Crippen MR) is 159 cm³/mol. The minimum absolute atomic E-state index is 0.0495. The molecule has 0 aliphatic carbocycles. The Bertz CT molecular complexity index is 1360. The van der Waals surface area contributed by atoms with Crippen molar-refractivity contribution < 1.29 is 14.4 Å². The monoisotopic (exact) mass is 571 g/mol. The van der Waals surface area contributed by atoms with Crippen LogP contribution in [-0.2, 0) is 33.8 Å². The molecule has 2 aliphatic heterocycles. The van der Waals surface area contributed by atoms with Crippen LogP contribution in [0.1, 0.15) is 60.9 Å². The van der Waals surface area contributed by atoms with Crippen molar-refractivity contribution in [2.45, 2.75) is 76.5 Å². The number of carbonyl (C=O) groups is 3. The van der Waals surface area contributed by atoms with Gasteiger partial charge in [-0.25, -0.2) is 9.67 Å².